The normalized spacial score (nSPS) is 12.8. The number of hydrogen-bond acceptors (Lipinski definition) is 4. The first kappa shape index (κ1) is 22.6. The van der Waals surface area contributed by atoms with Crippen molar-refractivity contribution < 1.29 is 9.59 Å². The molecule has 35 heavy (non-hydrogen) atoms. The first-order chi connectivity index (χ1) is 16.9. The van der Waals surface area contributed by atoms with E-state index in [-0.39, 0.29) is 18.2 Å². The van der Waals surface area contributed by atoms with Crippen LogP contribution in [0.3, 0.4) is 0 Å². The second kappa shape index (κ2) is 9.20. The number of halogens is 1. The maximum atomic E-state index is 13.6. The average molecular weight is 480 g/mol. The number of allylic oxidation sites excluding steroid dienone is 2. The minimum atomic E-state index is -0.228. The quantitative estimate of drug-likeness (QED) is 0.335. The van der Waals surface area contributed by atoms with Crippen molar-refractivity contribution in [3.63, 3.8) is 0 Å². The van der Waals surface area contributed by atoms with E-state index in [1.807, 2.05) is 55.5 Å². The van der Waals surface area contributed by atoms with Crippen LogP contribution in [0.4, 0.5) is 11.4 Å². The molecular formula is C29H22ClN3O2. The number of anilines is 2. The standard InChI is InChI=1S/C29H22ClN3O2/c1-18-13-27-25(15-31-18)19(2)26(29(35)22-8-7-20-5-3-4-6-21(20)14-22)16-33(27)17-28(34)32-24-11-9-23(30)10-12-24/h3-16H,2,17H2,1H3,(H,32,34). The predicted octanol–water partition coefficient (Wildman–Crippen LogP) is 6.44. The highest BCUT2D eigenvalue weighted by Crippen LogP contribution is 2.37. The zero-order valence-electron chi connectivity index (χ0n) is 19.1. The van der Waals surface area contributed by atoms with Crippen LogP contribution < -0.4 is 10.2 Å². The second-order valence-electron chi connectivity index (χ2n) is 8.44. The molecule has 2 heterocycles. The van der Waals surface area contributed by atoms with Crippen LogP contribution in [0.1, 0.15) is 21.6 Å². The Bertz CT molecular complexity index is 1520. The van der Waals surface area contributed by atoms with Crippen LogP contribution in [0.25, 0.3) is 16.3 Å². The molecule has 1 aliphatic rings. The lowest BCUT2D eigenvalue weighted by atomic mass is 9.90. The third kappa shape index (κ3) is 4.59. The predicted molar refractivity (Wildman–Crippen MR) is 142 cm³/mol. The summed E-state index contributed by atoms with van der Waals surface area (Å²) in [6.45, 7) is 6.09. The molecule has 0 radical (unpaired) electrons. The summed E-state index contributed by atoms with van der Waals surface area (Å²) in [6.07, 6.45) is 3.42. The van der Waals surface area contributed by atoms with Crippen molar-refractivity contribution in [2.24, 2.45) is 0 Å². The summed E-state index contributed by atoms with van der Waals surface area (Å²) in [5, 5.41) is 5.51. The van der Waals surface area contributed by atoms with E-state index in [1.165, 1.54) is 0 Å². The van der Waals surface area contributed by atoms with E-state index < -0.39 is 0 Å². The molecule has 1 aliphatic heterocycles. The Morgan fingerprint density at radius 3 is 2.51 bits per heavy atom. The van der Waals surface area contributed by atoms with Gasteiger partial charge in [-0.05, 0) is 59.7 Å². The maximum absolute atomic E-state index is 13.6. The Morgan fingerprint density at radius 2 is 1.74 bits per heavy atom. The van der Waals surface area contributed by atoms with Gasteiger partial charge in [0.15, 0.2) is 5.78 Å². The highest BCUT2D eigenvalue weighted by Gasteiger charge is 2.27. The van der Waals surface area contributed by atoms with Crippen molar-refractivity contribution in [1.82, 2.24) is 4.98 Å². The molecule has 3 aromatic carbocycles. The lowest BCUT2D eigenvalue weighted by Crippen LogP contribution is -2.32. The molecule has 0 bridgehead atoms. The number of ketones is 1. The third-order valence-electron chi connectivity index (χ3n) is 5.96. The Balaban J connectivity index is 1.48. The van der Waals surface area contributed by atoms with Crippen LogP contribution in [0.5, 0.6) is 0 Å². The third-order valence-corrected chi connectivity index (χ3v) is 6.21. The molecule has 0 saturated carbocycles. The number of rotatable bonds is 5. The minimum absolute atomic E-state index is 0.0147. The van der Waals surface area contributed by atoms with E-state index >= 15 is 0 Å². The molecule has 0 aliphatic carbocycles. The van der Waals surface area contributed by atoms with E-state index in [2.05, 4.69) is 16.9 Å². The lowest BCUT2D eigenvalue weighted by molar-refractivity contribution is -0.114. The van der Waals surface area contributed by atoms with Gasteiger partial charge in [-0.3, -0.25) is 14.6 Å². The molecule has 172 valence electrons. The van der Waals surface area contributed by atoms with Crippen molar-refractivity contribution in [2.75, 3.05) is 16.8 Å². The summed E-state index contributed by atoms with van der Waals surface area (Å²) in [5.41, 5.74) is 4.52. The number of pyridine rings is 1. The molecule has 5 rings (SSSR count). The summed E-state index contributed by atoms with van der Waals surface area (Å²) < 4.78 is 0. The van der Waals surface area contributed by atoms with Gasteiger partial charge in [-0.15, -0.1) is 0 Å². The average Bonchev–Trinajstić information content (AvgIpc) is 2.86. The molecule has 0 saturated heterocycles. The number of aryl methyl sites for hydroxylation is 1. The van der Waals surface area contributed by atoms with Crippen LogP contribution >= 0.6 is 11.6 Å². The van der Waals surface area contributed by atoms with Crippen molar-refractivity contribution in [3.05, 3.63) is 119 Å². The van der Waals surface area contributed by atoms with Gasteiger partial charge in [0.1, 0.15) is 6.54 Å². The zero-order chi connectivity index (χ0) is 24.5. The SMILES string of the molecule is C=C1C(C(=O)c2ccc3ccccc3c2)=CN(CC(=O)Nc2ccc(Cl)cc2)c2cc(C)ncc21. The van der Waals surface area contributed by atoms with Gasteiger partial charge in [-0.2, -0.15) is 0 Å². The van der Waals surface area contributed by atoms with E-state index in [4.69, 9.17) is 11.6 Å². The van der Waals surface area contributed by atoms with Crippen LogP contribution in [-0.4, -0.2) is 23.2 Å². The van der Waals surface area contributed by atoms with E-state index in [0.29, 0.717) is 27.4 Å². The summed E-state index contributed by atoms with van der Waals surface area (Å²) in [4.78, 5) is 32.7. The largest absolute Gasteiger partial charge is 0.337 e. The summed E-state index contributed by atoms with van der Waals surface area (Å²) in [5.74, 6) is -0.385. The van der Waals surface area contributed by atoms with Crippen LogP contribution in [-0.2, 0) is 4.79 Å². The molecule has 1 N–H and O–H groups in total. The maximum Gasteiger partial charge on any atom is 0.244 e. The van der Waals surface area contributed by atoms with Crippen molar-refractivity contribution in [3.8, 4) is 0 Å². The fraction of sp³-hybridized carbons (Fsp3) is 0.0690. The molecule has 0 unspecified atom stereocenters. The first-order valence-corrected chi connectivity index (χ1v) is 11.5. The van der Waals surface area contributed by atoms with E-state index in [1.54, 1.807) is 41.6 Å². The van der Waals surface area contributed by atoms with Gasteiger partial charge in [0.2, 0.25) is 5.91 Å². The van der Waals surface area contributed by atoms with E-state index in [9.17, 15) is 9.59 Å². The Hall–Kier alpha value is -4.22. The Labute approximate surface area is 208 Å². The van der Waals surface area contributed by atoms with Crippen molar-refractivity contribution in [2.45, 2.75) is 6.92 Å². The number of aromatic nitrogens is 1. The van der Waals surface area contributed by atoms with Gasteiger partial charge in [0.05, 0.1) is 5.69 Å². The number of carbonyl (C=O) groups is 2. The fourth-order valence-corrected chi connectivity index (χ4v) is 4.29. The lowest BCUT2D eigenvalue weighted by Gasteiger charge is -2.30. The van der Waals surface area contributed by atoms with Crippen LogP contribution in [0.15, 0.2) is 97.3 Å². The number of benzene rings is 3. The molecule has 5 nitrogen and oxygen atoms in total. The first-order valence-electron chi connectivity index (χ1n) is 11.1. The highest BCUT2D eigenvalue weighted by molar-refractivity contribution is 6.30. The fourth-order valence-electron chi connectivity index (χ4n) is 4.16. The molecule has 1 amide bonds. The molecule has 0 atom stereocenters. The minimum Gasteiger partial charge on any atom is -0.337 e. The van der Waals surface area contributed by atoms with Crippen LogP contribution in [0, 0.1) is 6.92 Å². The zero-order valence-corrected chi connectivity index (χ0v) is 19.8. The monoisotopic (exact) mass is 479 g/mol. The highest BCUT2D eigenvalue weighted by atomic mass is 35.5. The van der Waals surface area contributed by atoms with Gasteiger partial charge in [-0.1, -0.05) is 54.6 Å². The number of Topliss-reactive ketones (excluding diaryl/α,β-unsaturated/α-hetero) is 1. The topological polar surface area (TPSA) is 62.3 Å². The smallest absolute Gasteiger partial charge is 0.244 e. The Kier molecular flexibility index (Phi) is 5.93. The molecule has 1 aromatic heterocycles. The number of nitrogens with zero attached hydrogens (tertiary/aromatic N) is 2. The van der Waals surface area contributed by atoms with E-state index in [0.717, 1.165) is 27.7 Å². The second-order valence-corrected chi connectivity index (χ2v) is 8.87. The molecule has 6 heteroatoms. The molecular weight excluding hydrogens is 458 g/mol. The number of amides is 1. The number of carbonyl (C=O) groups excluding carboxylic acids is 2. The molecule has 0 fully saturated rings. The van der Waals surface area contributed by atoms with Gasteiger partial charge in [0.25, 0.3) is 0 Å². The molecule has 4 aromatic rings. The van der Waals surface area contributed by atoms with Gasteiger partial charge < -0.3 is 10.2 Å². The van der Waals surface area contributed by atoms with Gasteiger partial charge in [0, 0.05) is 45.5 Å². The summed E-state index contributed by atoms with van der Waals surface area (Å²) in [7, 11) is 0. The Morgan fingerprint density at radius 1 is 1.00 bits per heavy atom. The number of hydrogen-bond donors (Lipinski definition) is 1. The summed E-state index contributed by atoms with van der Waals surface area (Å²) >= 11 is 5.94. The van der Waals surface area contributed by atoms with Gasteiger partial charge in [-0.25, -0.2) is 0 Å². The number of fused-ring (bicyclic) bond motifs is 2. The molecule has 0 spiro atoms. The van der Waals surface area contributed by atoms with Crippen molar-refractivity contribution in [1.29, 1.82) is 0 Å². The number of nitrogens with one attached hydrogen (secondary N) is 1. The summed E-state index contributed by atoms with van der Waals surface area (Å²) in [6, 6.07) is 22.3. The van der Waals surface area contributed by atoms with Crippen LogP contribution in [0.2, 0.25) is 5.02 Å². The van der Waals surface area contributed by atoms with Crippen molar-refractivity contribution >= 4 is 51.0 Å². The van der Waals surface area contributed by atoms with Gasteiger partial charge >= 0.3 is 0 Å².